The molecule has 0 aromatic carbocycles. The van der Waals surface area contributed by atoms with Gasteiger partial charge in [-0.2, -0.15) is 0 Å². The highest BCUT2D eigenvalue weighted by molar-refractivity contribution is 5.76. The van der Waals surface area contributed by atoms with Gasteiger partial charge in [-0.25, -0.2) is 4.98 Å². The van der Waals surface area contributed by atoms with Gasteiger partial charge in [0.2, 0.25) is 5.91 Å². The van der Waals surface area contributed by atoms with E-state index in [4.69, 9.17) is 4.52 Å². The number of imidazole rings is 1. The molecule has 6 heteroatoms. The summed E-state index contributed by atoms with van der Waals surface area (Å²) in [6.07, 6.45) is 4.91. The molecule has 0 saturated heterocycles. The lowest BCUT2D eigenvalue weighted by Crippen LogP contribution is -2.23. The van der Waals surface area contributed by atoms with E-state index in [1.165, 1.54) is 0 Å². The number of carbonyl (C=O) groups is 1. The summed E-state index contributed by atoms with van der Waals surface area (Å²) in [6, 6.07) is 5.82. The Labute approximate surface area is 128 Å². The van der Waals surface area contributed by atoms with Crippen molar-refractivity contribution in [1.82, 2.24) is 19.9 Å². The fourth-order valence-electron chi connectivity index (χ4n) is 2.45. The molecule has 0 atom stereocenters. The maximum Gasteiger partial charge on any atom is 0.220 e. The molecule has 1 N–H and O–H groups in total. The average Bonchev–Trinajstić information content (AvgIpc) is 3.07. The van der Waals surface area contributed by atoms with E-state index in [1.807, 2.05) is 48.8 Å². The van der Waals surface area contributed by atoms with Crippen LogP contribution in [0.5, 0.6) is 0 Å². The Morgan fingerprint density at radius 2 is 2.23 bits per heavy atom. The molecule has 0 aliphatic heterocycles. The summed E-state index contributed by atoms with van der Waals surface area (Å²) < 4.78 is 7.03. The maximum absolute atomic E-state index is 12.0. The second-order valence-corrected chi connectivity index (χ2v) is 5.28. The molecule has 6 nitrogen and oxygen atoms in total. The molecule has 0 unspecified atom stereocenters. The van der Waals surface area contributed by atoms with E-state index in [9.17, 15) is 4.79 Å². The van der Waals surface area contributed by atoms with E-state index in [0.717, 1.165) is 28.4 Å². The zero-order chi connectivity index (χ0) is 15.5. The summed E-state index contributed by atoms with van der Waals surface area (Å²) in [7, 11) is 0. The summed E-state index contributed by atoms with van der Waals surface area (Å²) in [5, 5.41) is 6.79. The lowest BCUT2D eigenvalue weighted by atomic mass is 10.1. The quantitative estimate of drug-likeness (QED) is 0.783. The summed E-state index contributed by atoms with van der Waals surface area (Å²) in [6.45, 7) is 4.19. The second-order valence-electron chi connectivity index (χ2n) is 5.28. The van der Waals surface area contributed by atoms with E-state index < -0.39 is 0 Å². The number of aromatic nitrogens is 3. The first kappa shape index (κ1) is 14.3. The van der Waals surface area contributed by atoms with Crippen LogP contribution in [0, 0.1) is 13.8 Å². The molecule has 3 aromatic heterocycles. The molecule has 0 spiro atoms. The molecule has 1 amide bonds. The lowest BCUT2D eigenvalue weighted by Gasteiger charge is -2.03. The first-order chi connectivity index (χ1) is 10.6. The molecular weight excluding hydrogens is 280 g/mol. The smallest absolute Gasteiger partial charge is 0.220 e. The highest BCUT2D eigenvalue weighted by Gasteiger charge is 2.11. The van der Waals surface area contributed by atoms with Crippen molar-refractivity contribution in [2.24, 2.45) is 0 Å². The number of hydrogen-bond acceptors (Lipinski definition) is 4. The van der Waals surface area contributed by atoms with Crippen molar-refractivity contribution in [2.45, 2.75) is 33.2 Å². The van der Waals surface area contributed by atoms with Gasteiger partial charge in [-0.1, -0.05) is 11.2 Å². The predicted molar refractivity (Wildman–Crippen MR) is 81.3 cm³/mol. The standard InChI is InChI=1S/C16H18N4O2/c1-11-14(12(2)22-19-11)6-7-16(21)17-9-13-10-20-8-4-3-5-15(20)18-13/h3-5,8,10H,6-7,9H2,1-2H3,(H,17,21). The number of pyridine rings is 1. The van der Waals surface area contributed by atoms with Gasteiger partial charge in [0.1, 0.15) is 11.4 Å². The highest BCUT2D eigenvalue weighted by Crippen LogP contribution is 2.14. The molecule has 3 rings (SSSR count). The van der Waals surface area contributed by atoms with Crippen LogP contribution in [0.4, 0.5) is 0 Å². The van der Waals surface area contributed by atoms with Crippen molar-refractivity contribution >= 4 is 11.6 Å². The molecular formula is C16H18N4O2. The predicted octanol–water partition coefficient (Wildman–Crippen LogP) is 2.19. The minimum absolute atomic E-state index is 0.00273. The van der Waals surface area contributed by atoms with Crippen LogP contribution in [0.25, 0.3) is 5.65 Å². The number of fused-ring (bicyclic) bond motifs is 1. The number of amides is 1. The Morgan fingerprint density at radius 1 is 1.36 bits per heavy atom. The molecule has 0 bridgehead atoms. The van der Waals surface area contributed by atoms with Gasteiger partial charge in [0, 0.05) is 24.4 Å². The average molecular weight is 298 g/mol. The first-order valence-electron chi connectivity index (χ1n) is 7.24. The molecule has 22 heavy (non-hydrogen) atoms. The van der Waals surface area contributed by atoms with Crippen LogP contribution in [-0.4, -0.2) is 20.4 Å². The third kappa shape index (κ3) is 3.00. The molecule has 0 aliphatic carbocycles. The van der Waals surface area contributed by atoms with Crippen molar-refractivity contribution in [3.63, 3.8) is 0 Å². The largest absolute Gasteiger partial charge is 0.361 e. The maximum atomic E-state index is 12.0. The zero-order valence-corrected chi connectivity index (χ0v) is 12.7. The van der Waals surface area contributed by atoms with E-state index >= 15 is 0 Å². The Hall–Kier alpha value is -2.63. The summed E-state index contributed by atoms with van der Waals surface area (Å²) in [5.74, 6) is 0.780. The molecule has 3 heterocycles. The van der Waals surface area contributed by atoms with Gasteiger partial charge >= 0.3 is 0 Å². The molecule has 0 saturated carbocycles. The van der Waals surface area contributed by atoms with Gasteiger partial charge in [-0.05, 0) is 32.4 Å². The third-order valence-corrected chi connectivity index (χ3v) is 3.66. The van der Waals surface area contributed by atoms with Gasteiger partial charge in [0.25, 0.3) is 0 Å². The van der Waals surface area contributed by atoms with Gasteiger partial charge in [-0.3, -0.25) is 4.79 Å². The Bertz CT molecular complexity index is 751. The van der Waals surface area contributed by atoms with Crippen molar-refractivity contribution in [3.8, 4) is 0 Å². The molecule has 0 fully saturated rings. The normalized spacial score (nSPS) is 11.0. The van der Waals surface area contributed by atoms with Gasteiger partial charge in [0.05, 0.1) is 17.9 Å². The summed E-state index contributed by atoms with van der Waals surface area (Å²) >= 11 is 0. The highest BCUT2D eigenvalue weighted by atomic mass is 16.5. The van der Waals surface area contributed by atoms with E-state index in [0.29, 0.717) is 19.4 Å². The number of nitrogens with one attached hydrogen (secondary N) is 1. The number of carbonyl (C=O) groups excluding carboxylic acids is 1. The van der Waals surface area contributed by atoms with E-state index in [1.54, 1.807) is 0 Å². The van der Waals surface area contributed by atoms with Crippen LogP contribution in [0.15, 0.2) is 35.1 Å². The Morgan fingerprint density at radius 3 is 2.95 bits per heavy atom. The Kier molecular flexibility index (Phi) is 3.91. The van der Waals surface area contributed by atoms with Crippen LogP contribution in [0.1, 0.15) is 29.1 Å². The van der Waals surface area contributed by atoms with Gasteiger partial charge < -0.3 is 14.2 Å². The zero-order valence-electron chi connectivity index (χ0n) is 12.7. The monoisotopic (exact) mass is 298 g/mol. The topological polar surface area (TPSA) is 72.4 Å². The van der Waals surface area contributed by atoms with Crippen molar-refractivity contribution in [3.05, 3.63) is 53.3 Å². The SMILES string of the molecule is Cc1noc(C)c1CCC(=O)NCc1cn2ccccc2n1. The molecule has 114 valence electrons. The van der Waals surface area contributed by atoms with Crippen LogP contribution in [-0.2, 0) is 17.8 Å². The van der Waals surface area contributed by atoms with Gasteiger partial charge in [-0.15, -0.1) is 0 Å². The van der Waals surface area contributed by atoms with Gasteiger partial charge in [0.15, 0.2) is 0 Å². The Balaban J connectivity index is 1.54. The number of aryl methyl sites for hydroxylation is 2. The van der Waals surface area contributed by atoms with Crippen molar-refractivity contribution in [2.75, 3.05) is 0 Å². The number of hydrogen-bond donors (Lipinski definition) is 1. The fraction of sp³-hybridized carbons (Fsp3) is 0.312. The number of rotatable bonds is 5. The van der Waals surface area contributed by atoms with E-state index in [-0.39, 0.29) is 5.91 Å². The fourth-order valence-corrected chi connectivity index (χ4v) is 2.45. The summed E-state index contributed by atoms with van der Waals surface area (Å²) in [4.78, 5) is 16.4. The minimum Gasteiger partial charge on any atom is -0.361 e. The van der Waals surface area contributed by atoms with Crippen molar-refractivity contribution in [1.29, 1.82) is 0 Å². The molecule has 0 radical (unpaired) electrons. The van der Waals surface area contributed by atoms with Crippen LogP contribution in [0.3, 0.4) is 0 Å². The molecule has 3 aromatic rings. The third-order valence-electron chi connectivity index (χ3n) is 3.66. The number of nitrogens with zero attached hydrogens (tertiary/aromatic N) is 3. The van der Waals surface area contributed by atoms with Crippen molar-refractivity contribution < 1.29 is 9.32 Å². The summed E-state index contributed by atoms with van der Waals surface area (Å²) in [5.41, 5.74) is 3.59. The van der Waals surface area contributed by atoms with Crippen LogP contribution in [0.2, 0.25) is 0 Å². The van der Waals surface area contributed by atoms with Crippen LogP contribution >= 0.6 is 0 Å². The van der Waals surface area contributed by atoms with Crippen LogP contribution < -0.4 is 5.32 Å². The van der Waals surface area contributed by atoms with E-state index in [2.05, 4.69) is 15.5 Å². The first-order valence-corrected chi connectivity index (χ1v) is 7.24. The molecule has 0 aliphatic rings. The lowest BCUT2D eigenvalue weighted by molar-refractivity contribution is -0.121. The minimum atomic E-state index is -0.00273. The second kappa shape index (κ2) is 6.01.